The third-order valence-electron chi connectivity index (χ3n) is 13.6. The SMILES string of the molecule is C.CC1(C)OB(c2cccc(CCC(=O)c3ccc4c(c3)OCc3cnccc3-4)c2)OC1(C)C.CCOC(=O)c1csc(-c2cccc(CCC(=O)c3ccc4c(c3)OCc3cnccc3-4)c2)n1.CCOC(=O)c1csc(Br)n1. The molecular weight excluding hydrogens is 1100 g/mol. The van der Waals surface area contributed by atoms with Crippen LogP contribution in [0.4, 0.5) is 0 Å². The van der Waals surface area contributed by atoms with Crippen molar-refractivity contribution in [2.24, 2.45) is 0 Å². The van der Waals surface area contributed by atoms with Crippen LogP contribution >= 0.6 is 38.6 Å². The Hall–Kier alpha value is -7.22. The maximum absolute atomic E-state index is 12.9. The first-order chi connectivity index (χ1) is 37.6. The van der Waals surface area contributed by atoms with E-state index < -0.39 is 13.1 Å². The Balaban J connectivity index is 0.000000173. The fourth-order valence-corrected chi connectivity index (χ4v) is 10.6. The predicted octanol–water partition coefficient (Wildman–Crippen LogP) is 13.2. The van der Waals surface area contributed by atoms with Crippen molar-refractivity contribution in [3.63, 3.8) is 0 Å². The minimum absolute atomic E-state index is 0. The van der Waals surface area contributed by atoms with E-state index >= 15 is 0 Å². The highest BCUT2D eigenvalue weighted by atomic mass is 79.9. The van der Waals surface area contributed by atoms with Gasteiger partial charge in [0.05, 0.1) is 24.4 Å². The number of hydrogen-bond donors (Lipinski definition) is 0. The van der Waals surface area contributed by atoms with Gasteiger partial charge in [-0.1, -0.05) is 62.0 Å². The number of carbonyl (C=O) groups is 4. The minimum atomic E-state index is -0.416. The van der Waals surface area contributed by atoms with Gasteiger partial charge in [0.1, 0.15) is 29.7 Å². The van der Waals surface area contributed by atoms with Crippen LogP contribution in [0.2, 0.25) is 0 Å². The largest absolute Gasteiger partial charge is 0.494 e. The molecule has 4 aromatic carbocycles. The molecule has 3 aliphatic rings. The zero-order valence-electron chi connectivity index (χ0n) is 44.0. The van der Waals surface area contributed by atoms with Crippen LogP contribution < -0.4 is 14.9 Å². The summed E-state index contributed by atoms with van der Waals surface area (Å²) in [6, 6.07) is 31.4. The van der Waals surface area contributed by atoms with Crippen molar-refractivity contribution in [2.75, 3.05) is 13.2 Å². The van der Waals surface area contributed by atoms with E-state index in [1.807, 2.05) is 131 Å². The van der Waals surface area contributed by atoms with Crippen molar-refractivity contribution < 1.29 is 47.4 Å². The molecule has 0 amide bonds. The highest BCUT2D eigenvalue weighted by molar-refractivity contribution is 9.11. The Bertz CT molecular complexity index is 3490. The van der Waals surface area contributed by atoms with Gasteiger partial charge in [0, 0.05) is 87.3 Å². The second-order valence-electron chi connectivity index (χ2n) is 19.4. The number of ether oxygens (including phenoxy) is 4. The van der Waals surface area contributed by atoms with Gasteiger partial charge in [-0.2, -0.15) is 0 Å². The molecule has 406 valence electrons. The van der Waals surface area contributed by atoms with Gasteiger partial charge in [0.2, 0.25) is 0 Å². The molecule has 14 nitrogen and oxygen atoms in total. The molecular formula is C61H60BBrN4O10S2. The van der Waals surface area contributed by atoms with E-state index in [1.54, 1.807) is 37.0 Å². The molecule has 11 rings (SSSR count). The monoisotopic (exact) mass is 1160 g/mol. The molecule has 79 heavy (non-hydrogen) atoms. The van der Waals surface area contributed by atoms with Crippen molar-refractivity contribution in [1.29, 1.82) is 0 Å². The maximum atomic E-state index is 12.9. The van der Waals surface area contributed by atoms with Crippen LogP contribution in [0.15, 0.2) is 137 Å². The third kappa shape index (κ3) is 13.8. The summed E-state index contributed by atoms with van der Waals surface area (Å²) in [6.07, 6.45) is 9.26. The summed E-state index contributed by atoms with van der Waals surface area (Å²) >= 11 is 5.91. The number of fused-ring (bicyclic) bond motifs is 6. The summed E-state index contributed by atoms with van der Waals surface area (Å²) < 4.78 is 34.5. The van der Waals surface area contributed by atoms with E-state index in [-0.39, 0.29) is 36.2 Å². The van der Waals surface area contributed by atoms with E-state index in [2.05, 4.69) is 41.9 Å². The summed E-state index contributed by atoms with van der Waals surface area (Å²) in [5, 5.41) is 4.11. The Morgan fingerprint density at radius 2 is 1.13 bits per heavy atom. The zero-order chi connectivity index (χ0) is 55.0. The van der Waals surface area contributed by atoms with Crippen molar-refractivity contribution in [3.8, 4) is 44.3 Å². The van der Waals surface area contributed by atoms with Crippen LogP contribution in [0, 0.1) is 0 Å². The first-order valence-corrected chi connectivity index (χ1v) is 28.1. The first kappa shape index (κ1) is 57.9. The lowest BCUT2D eigenvalue weighted by Crippen LogP contribution is -2.41. The molecule has 0 radical (unpaired) electrons. The van der Waals surface area contributed by atoms with Crippen LogP contribution in [0.3, 0.4) is 0 Å². The Kier molecular flexibility index (Phi) is 18.9. The number of aryl methyl sites for hydroxylation is 2. The lowest BCUT2D eigenvalue weighted by atomic mass is 9.78. The molecule has 0 atom stereocenters. The number of carbonyl (C=O) groups excluding carboxylic acids is 4. The number of nitrogens with zero attached hydrogens (tertiary/aromatic N) is 4. The van der Waals surface area contributed by atoms with Gasteiger partial charge in [-0.3, -0.25) is 19.6 Å². The van der Waals surface area contributed by atoms with Crippen molar-refractivity contribution in [2.45, 2.75) is 99.1 Å². The molecule has 0 bridgehead atoms. The van der Waals surface area contributed by atoms with Crippen molar-refractivity contribution >= 4 is 74.7 Å². The lowest BCUT2D eigenvalue weighted by Gasteiger charge is -2.32. The minimum Gasteiger partial charge on any atom is -0.488 e. The second-order valence-corrected chi connectivity index (χ2v) is 22.4. The van der Waals surface area contributed by atoms with Gasteiger partial charge in [-0.25, -0.2) is 19.6 Å². The van der Waals surface area contributed by atoms with Gasteiger partial charge in [0.25, 0.3) is 0 Å². The van der Waals surface area contributed by atoms with Crippen LogP contribution in [-0.2, 0) is 44.8 Å². The Morgan fingerprint density at radius 1 is 0.620 bits per heavy atom. The highest BCUT2D eigenvalue weighted by Crippen LogP contribution is 2.40. The fourth-order valence-electron chi connectivity index (χ4n) is 8.79. The van der Waals surface area contributed by atoms with E-state index in [9.17, 15) is 19.2 Å². The van der Waals surface area contributed by atoms with Gasteiger partial charge < -0.3 is 28.3 Å². The van der Waals surface area contributed by atoms with Crippen LogP contribution in [0.1, 0.15) is 126 Å². The Morgan fingerprint density at radius 3 is 1.65 bits per heavy atom. The lowest BCUT2D eigenvalue weighted by molar-refractivity contribution is 0.00578. The van der Waals surface area contributed by atoms with Gasteiger partial charge in [0.15, 0.2) is 26.9 Å². The molecule has 1 fully saturated rings. The molecule has 0 spiro atoms. The van der Waals surface area contributed by atoms with Crippen molar-refractivity contribution in [1.82, 2.24) is 19.9 Å². The van der Waals surface area contributed by atoms with Crippen molar-refractivity contribution in [3.05, 3.63) is 181 Å². The zero-order valence-corrected chi connectivity index (χ0v) is 47.2. The van der Waals surface area contributed by atoms with Crippen LogP contribution in [0.25, 0.3) is 32.8 Å². The first-order valence-electron chi connectivity index (χ1n) is 25.5. The number of rotatable bonds is 14. The number of thiazole rings is 2. The molecule has 1 saturated heterocycles. The molecule has 0 N–H and O–H groups in total. The average molecular weight is 1160 g/mol. The predicted molar refractivity (Wildman–Crippen MR) is 311 cm³/mol. The third-order valence-corrected chi connectivity index (χ3v) is 15.9. The fraction of sp³-hybridized carbons (Fsp3) is 0.279. The average Bonchev–Trinajstić information content (AvgIpc) is 4.40. The summed E-state index contributed by atoms with van der Waals surface area (Å²) in [6.45, 7) is 13.4. The molecule has 8 aromatic rings. The standard InChI is InChI=1S/C27H28BNO4.C27H22N2O4S.C6H6BrNO2S.CH4/c1-26(2)27(3,4)33-28(32-26)21-7-5-6-18(14-21)8-11-24(30)19-9-10-23-22-12-13-29-16-20(22)17-31-25(23)15-19;1-2-32-27(31)23-16-34-26(29-23)19-5-3-4-17(12-19)6-9-24(30)18-7-8-22-21-10-11-28-14-20(21)15-33-25(22)13-18;1-2-10-5(9)4-3-11-6(7)8-4;/h5-7,9-10,12-16H,8,11,17H2,1-4H3;3-5,7-8,10-14,16H,2,6,9,15H2,1H3;3H,2H2,1H3;1H4. The molecule has 7 heterocycles. The summed E-state index contributed by atoms with van der Waals surface area (Å²) in [5.41, 5.74) is 11.6. The quantitative estimate of drug-likeness (QED) is 0.0571. The van der Waals surface area contributed by atoms with Gasteiger partial charge in [-0.05, 0) is 140 Å². The van der Waals surface area contributed by atoms with Gasteiger partial charge >= 0.3 is 19.1 Å². The highest BCUT2D eigenvalue weighted by Gasteiger charge is 2.51. The second kappa shape index (κ2) is 25.7. The van der Waals surface area contributed by atoms with E-state index in [4.69, 9.17) is 28.3 Å². The number of pyridine rings is 2. The number of Topliss-reactive ketones (excluding diaryl/α,β-unsaturated/α-hetero) is 2. The molecule has 0 saturated carbocycles. The number of hydrogen-bond acceptors (Lipinski definition) is 16. The van der Waals surface area contributed by atoms with Gasteiger partial charge in [-0.15, -0.1) is 22.7 Å². The molecule has 0 aliphatic carbocycles. The van der Waals surface area contributed by atoms with E-state index in [0.29, 0.717) is 78.5 Å². The molecule has 18 heteroatoms. The number of ketones is 2. The van der Waals surface area contributed by atoms with Crippen LogP contribution in [0.5, 0.6) is 11.5 Å². The van der Waals surface area contributed by atoms with Crippen LogP contribution in [-0.4, -0.2) is 75.0 Å². The summed E-state index contributed by atoms with van der Waals surface area (Å²) in [7, 11) is -0.401. The summed E-state index contributed by atoms with van der Waals surface area (Å²) in [4.78, 5) is 65.3. The maximum Gasteiger partial charge on any atom is 0.494 e. The number of benzene rings is 4. The normalized spacial score (nSPS) is 13.8. The van der Waals surface area contributed by atoms with E-state index in [0.717, 1.165) is 72.0 Å². The topological polar surface area (TPSA) is 175 Å². The summed E-state index contributed by atoms with van der Waals surface area (Å²) in [5.74, 6) is 0.865. The Labute approximate surface area is 477 Å². The number of halogens is 1. The number of esters is 2. The number of aromatic nitrogens is 4. The molecule has 3 aliphatic heterocycles. The molecule has 4 aromatic heterocycles. The van der Waals surface area contributed by atoms with E-state index in [1.165, 1.54) is 22.7 Å². The molecule has 0 unspecified atom stereocenters. The smallest absolute Gasteiger partial charge is 0.488 e.